The Labute approximate surface area is 82.0 Å². The molecule has 0 saturated heterocycles. The van der Waals surface area contributed by atoms with Crippen molar-refractivity contribution in [2.45, 2.75) is 19.9 Å². The predicted molar refractivity (Wildman–Crippen MR) is 51.3 cm³/mol. The summed E-state index contributed by atoms with van der Waals surface area (Å²) < 4.78 is 0. The lowest BCUT2D eigenvalue weighted by Crippen LogP contribution is -2.27. The van der Waals surface area contributed by atoms with Crippen LogP contribution in [0.3, 0.4) is 0 Å². The van der Waals surface area contributed by atoms with Gasteiger partial charge in [0.1, 0.15) is 0 Å². The van der Waals surface area contributed by atoms with Gasteiger partial charge < -0.3 is 10.4 Å². The highest BCUT2D eigenvalue weighted by atomic mass is 16.4. The van der Waals surface area contributed by atoms with Crippen molar-refractivity contribution < 1.29 is 9.90 Å². The second-order valence-electron chi connectivity index (χ2n) is 3.47. The molecule has 0 radical (unpaired) electrons. The molecular formula is C10H12N2O2. The SMILES string of the molecule is Cc1cc(C(=O)O)c2c(n1)CNCC2. The number of aromatic nitrogens is 1. The van der Waals surface area contributed by atoms with E-state index in [0.29, 0.717) is 12.1 Å². The minimum absolute atomic E-state index is 0.411. The van der Waals surface area contributed by atoms with E-state index in [1.54, 1.807) is 6.07 Å². The molecule has 1 aromatic rings. The number of nitrogens with zero attached hydrogens (tertiary/aromatic N) is 1. The van der Waals surface area contributed by atoms with Crippen molar-refractivity contribution in [2.24, 2.45) is 0 Å². The van der Waals surface area contributed by atoms with Crippen molar-refractivity contribution in [3.63, 3.8) is 0 Å². The van der Waals surface area contributed by atoms with Gasteiger partial charge >= 0.3 is 5.97 Å². The van der Waals surface area contributed by atoms with Crippen LogP contribution in [0.2, 0.25) is 0 Å². The normalized spacial score (nSPS) is 14.9. The van der Waals surface area contributed by atoms with Crippen LogP contribution < -0.4 is 5.32 Å². The molecule has 0 saturated carbocycles. The Morgan fingerprint density at radius 1 is 1.64 bits per heavy atom. The van der Waals surface area contributed by atoms with Crippen molar-refractivity contribution in [3.8, 4) is 0 Å². The van der Waals surface area contributed by atoms with E-state index in [2.05, 4.69) is 10.3 Å². The quantitative estimate of drug-likeness (QED) is 0.688. The van der Waals surface area contributed by atoms with Crippen molar-refractivity contribution in [1.82, 2.24) is 10.3 Å². The zero-order chi connectivity index (χ0) is 10.1. The minimum atomic E-state index is -0.853. The van der Waals surface area contributed by atoms with E-state index >= 15 is 0 Å². The number of rotatable bonds is 1. The maximum Gasteiger partial charge on any atom is 0.336 e. The van der Waals surface area contributed by atoms with Crippen molar-refractivity contribution in [1.29, 1.82) is 0 Å². The summed E-state index contributed by atoms with van der Waals surface area (Å²) in [6, 6.07) is 1.65. The van der Waals surface area contributed by atoms with Crippen LogP contribution in [0.25, 0.3) is 0 Å². The topological polar surface area (TPSA) is 62.2 Å². The number of aromatic carboxylic acids is 1. The van der Waals surface area contributed by atoms with Crippen LogP contribution >= 0.6 is 0 Å². The Morgan fingerprint density at radius 2 is 2.43 bits per heavy atom. The summed E-state index contributed by atoms with van der Waals surface area (Å²) in [6.45, 7) is 3.33. The molecule has 0 unspecified atom stereocenters. The minimum Gasteiger partial charge on any atom is -0.478 e. The molecule has 0 spiro atoms. The summed E-state index contributed by atoms with van der Waals surface area (Å²) in [4.78, 5) is 15.3. The smallest absolute Gasteiger partial charge is 0.336 e. The van der Waals surface area contributed by atoms with Crippen LogP contribution in [-0.2, 0) is 13.0 Å². The fourth-order valence-electron chi connectivity index (χ4n) is 1.80. The zero-order valence-corrected chi connectivity index (χ0v) is 8.00. The lowest BCUT2D eigenvalue weighted by molar-refractivity contribution is 0.0695. The largest absolute Gasteiger partial charge is 0.478 e. The molecule has 0 aromatic carbocycles. The van der Waals surface area contributed by atoms with Crippen LogP contribution in [0.5, 0.6) is 0 Å². The van der Waals surface area contributed by atoms with Gasteiger partial charge in [0.25, 0.3) is 0 Å². The van der Waals surface area contributed by atoms with E-state index in [1.165, 1.54) is 0 Å². The van der Waals surface area contributed by atoms with Gasteiger partial charge in [-0.3, -0.25) is 4.98 Å². The van der Waals surface area contributed by atoms with Gasteiger partial charge in [-0.2, -0.15) is 0 Å². The summed E-state index contributed by atoms with van der Waals surface area (Å²) in [7, 11) is 0. The first-order valence-corrected chi connectivity index (χ1v) is 4.62. The third kappa shape index (κ3) is 1.48. The van der Waals surface area contributed by atoms with Gasteiger partial charge in [-0.15, -0.1) is 0 Å². The number of carbonyl (C=O) groups is 1. The van der Waals surface area contributed by atoms with Crippen molar-refractivity contribution in [3.05, 3.63) is 28.6 Å². The molecule has 0 bridgehead atoms. The molecule has 0 fully saturated rings. The highest BCUT2D eigenvalue weighted by molar-refractivity contribution is 5.89. The van der Waals surface area contributed by atoms with Crippen LogP contribution in [0, 0.1) is 6.92 Å². The number of pyridine rings is 1. The third-order valence-electron chi connectivity index (χ3n) is 2.41. The molecule has 14 heavy (non-hydrogen) atoms. The summed E-state index contributed by atoms with van der Waals surface area (Å²) in [5, 5.41) is 12.2. The van der Waals surface area contributed by atoms with Crippen molar-refractivity contribution >= 4 is 5.97 Å². The van der Waals surface area contributed by atoms with Gasteiger partial charge in [0.05, 0.1) is 11.3 Å². The molecular weight excluding hydrogens is 180 g/mol. The summed E-state index contributed by atoms with van der Waals surface area (Å²) in [5.74, 6) is -0.853. The van der Waals surface area contributed by atoms with E-state index in [-0.39, 0.29) is 0 Å². The maximum atomic E-state index is 11.0. The van der Waals surface area contributed by atoms with E-state index in [1.807, 2.05) is 6.92 Å². The first-order valence-electron chi connectivity index (χ1n) is 4.62. The lowest BCUT2D eigenvalue weighted by atomic mass is 9.99. The first-order chi connectivity index (χ1) is 6.68. The Bertz CT molecular complexity index is 388. The molecule has 0 aliphatic carbocycles. The molecule has 74 valence electrons. The molecule has 0 atom stereocenters. The predicted octanol–water partition coefficient (Wildman–Crippen LogP) is 0.734. The Morgan fingerprint density at radius 3 is 3.14 bits per heavy atom. The highest BCUT2D eigenvalue weighted by Gasteiger charge is 2.18. The number of carboxylic acid groups (broad SMARTS) is 1. The van der Waals surface area contributed by atoms with Gasteiger partial charge in [-0.05, 0) is 31.5 Å². The summed E-state index contributed by atoms with van der Waals surface area (Å²) in [5.41, 5.74) is 2.95. The average molecular weight is 192 g/mol. The highest BCUT2D eigenvalue weighted by Crippen LogP contribution is 2.18. The second kappa shape index (κ2) is 3.38. The molecule has 2 heterocycles. The van der Waals surface area contributed by atoms with Crippen LogP contribution in [-0.4, -0.2) is 22.6 Å². The number of fused-ring (bicyclic) bond motifs is 1. The van der Waals surface area contributed by atoms with Crippen LogP contribution in [0.15, 0.2) is 6.07 Å². The summed E-state index contributed by atoms with van der Waals surface area (Å²) in [6.07, 6.45) is 0.754. The molecule has 1 aromatic heterocycles. The Hall–Kier alpha value is -1.42. The van der Waals surface area contributed by atoms with Gasteiger partial charge in [-0.1, -0.05) is 0 Å². The lowest BCUT2D eigenvalue weighted by Gasteiger charge is -2.18. The van der Waals surface area contributed by atoms with E-state index in [4.69, 9.17) is 5.11 Å². The number of carboxylic acids is 1. The van der Waals surface area contributed by atoms with E-state index < -0.39 is 5.97 Å². The van der Waals surface area contributed by atoms with Gasteiger partial charge in [0, 0.05) is 12.2 Å². The van der Waals surface area contributed by atoms with Crippen molar-refractivity contribution in [2.75, 3.05) is 6.54 Å². The second-order valence-corrected chi connectivity index (χ2v) is 3.47. The summed E-state index contributed by atoms with van der Waals surface area (Å²) >= 11 is 0. The van der Waals surface area contributed by atoms with Crippen LogP contribution in [0.4, 0.5) is 0 Å². The molecule has 4 heteroatoms. The number of hydrogen-bond donors (Lipinski definition) is 2. The standard InChI is InChI=1S/C10H12N2O2/c1-6-4-8(10(13)14)7-2-3-11-5-9(7)12-6/h4,11H,2-3,5H2,1H3,(H,13,14). The van der Waals surface area contributed by atoms with Gasteiger partial charge in [0.15, 0.2) is 0 Å². The molecule has 1 aliphatic heterocycles. The Kier molecular flexibility index (Phi) is 2.21. The number of hydrogen-bond acceptors (Lipinski definition) is 3. The average Bonchev–Trinajstić information content (AvgIpc) is 2.16. The monoisotopic (exact) mass is 192 g/mol. The molecule has 1 aliphatic rings. The number of nitrogens with one attached hydrogen (secondary N) is 1. The molecule has 2 N–H and O–H groups in total. The fraction of sp³-hybridized carbons (Fsp3) is 0.400. The van der Waals surface area contributed by atoms with Gasteiger partial charge in [0.2, 0.25) is 0 Å². The van der Waals surface area contributed by atoms with Crippen LogP contribution in [0.1, 0.15) is 27.3 Å². The zero-order valence-electron chi connectivity index (χ0n) is 8.00. The maximum absolute atomic E-state index is 11.0. The van der Waals surface area contributed by atoms with E-state index in [9.17, 15) is 4.79 Å². The number of aryl methyl sites for hydroxylation is 1. The van der Waals surface area contributed by atoms with E-state index in [0.717, 1.165) is 29.9 Å². The first kappa shape index (κ1) is 9.15. The van der Waals surface area contributed by atoms with Gasteiger partial charge in [-0.25, -0.2) is 4.79 Å². The fourth-order valence-corrected chi connectivity index (χ4v) is 1.80. The molecule has 0 amide bonds. The third-order valence-corrected chi connectivity index (χ3v) is 2.41. The molecule has 2 rings (SSSR count). The molecule has 4 nitrogen and oxygen atoms in total. The Balaban J connectivity index is 2.58.